The molecule has 3 rings (SSSR count). The number of carbonyl (C=O) groups is 2. The summed E-state index contributed by atoms with van der Waals surface area (Å²) < 4.78 is 1.58. The summed E-state index contributed by atoms with van der Waals surface area (Å²) in [6, 6.07) is 7.09. The van der Waals surface area contributed by atoms with E-state index in [0.29, 0.717) is 34.8 Å². The zero-order chi connectivity index (χ0) is 16.6. The van der Waals surface area contributed by atoms with Gasteiger partial charge in [-0.3, -0.25) is 14.3 Å². The lowest BCUT2D eigenvalue weighted by Gasteiger charge is -2.12. The van der Waals surface area contributed by atoms with Crippen LogP contribution in [0.3, 0.4) is 0 Å². The fourth-order valence-electron chi connectivity index (χ4n) is 2.73. The SMILES string of the molecule is CN1CC(NC(=O)c2cn(C)nc2-c2ccccc2Cl)CC1=O. The highest BCUT2D eigenvalue weighted by atomic mass is 35.5. The van der Waals surface area contributed by atoms with Crippen LogP contribution in [0.4, 0.5) is 0 Å². The molecule has 2 amide bonds. The fraction of sp³-hybridized carbons (Fsp3) is 0.312. The van der Waals surface area contributed by atoms with E-state index in [2.05, 4.69) is 10.4 Å². The zero-order valence-corrected chi connectivity index (χ0v) is 13.7. The summed E-state index contributed by atoms with van der Waals surface area (Å²) in [7, 11) is 3.48. The summed E-state index contributed by atoms with van der Waals surface area (Å²) in [5.41, 5.74) is 1.69. The van der Waals surface area contributed by atoms with Crippen molar-refractivity contribution in [2.75, 3.05) is 13.6 Å². The van der Waals surface area contributed by atoms with Crippen molar-refractivity contribution in [3.8, 4) is 11.3 Å². The Morgan fingerprint density at radius 1 is 1.35 bits per heavy atom. The summed E-state index contributed by atoms with van der Waals surface area (Å²) in [5.74, 6) is -0.214. The first-order valence-corrected chi connectivity index (χ1v) is 7.67. The molecule has 120 valence electrons. The maximum Gasteiger partial charge on any atom is 0.255 e. The summed E-state index contributed by atoms with van der Waals surface area (Å²) in [5, 5.41) is 7.80. The maximum absolute atomic E-state index is 12.6. The number of nitrogens with zero attached hydrogens (tertiary/aromatic N) is 3. The monoisotopic (exact) mass is 332 g/mol. The molecule has 0 spiro atoms. The number of nitrogens with one attached hydrogen (secondary N) is 1. The Kier molecular flexibility index (Phi) is 4.09. The van der Waals surface area contributed by atoms with Crippen LogP contribution < -0.4 is 5.32 Å². The molecule has 23 heavy (non-hydrogen) atoms. The molecular weight excluding hydrogens is 316 g/mol. The van der Waals surface area contributed by atoms with Crippen molar-refractivity contribution < 1.29 is 9.59 Å². The number of benzene rings is 1. The van der Waals surface area contributed by atoms with Gasteiger partial charge in [-0.15, -0.1) is 0 Å². The van der Waals surface area contributed by atoms with Crippen LogP contribution in [0, 0.1) is 0 Å². The number of hydrogen-bond donors (Lipinski definition) is 1. The zero-order valence-electron chi connectivity index (χ0n) is 12.9. The minimum absolute atomic E-state index is 0.0350. The standard InChI is InChI=1S/C16H17ClN4O2/c1-20-8-10(7-14(20)22)18-16(23)12-9-21(2)19-15(12)11-5-3-4-6-13(11)17/h3-6,9-10H,7-8H2,1-2H3,(H,18,23). The third-order valence-corrected chi connectivity index (χ3v) is 4.21. The van der Waals surface area contributed by atoms with Gasteiger partial charge in [0.2, 0.25) is 5.91 Å². The van der Waals surface area contributed by atoms with E-state index in [0.717, 1.165) is 0 Å². The lowest BCUT2D eigenvalue weighted by Crippen LogP contribution is -2.36. The molecule has 7 heteroatoms. The van der Waals surface area contributed by atoms with E-state index < -0.39 is 0 Å². The Morgan fingerprint density at radius 2 is 2.09 bits per heavy atom. The van der Waals surface area contributed by atoms with E-state index in [1.807, 2.05) is 18.2 Å². The molecule has 1 atom stereocenters. The number of hydrogen-bond acceptors (Lipinski definition) is 3. The Morgan fingerprint density at radius 3 is 2.74 bits per heavy atom. The Balaban J connectivity index is 1.87. The number of carbonyl (C=O) groups excluding carboxylic acids is 2. The summed E-state index contributed by atoms with van der Waals surface area (Å²) in [4.78, 5) is 25.8. The molecular formula is C16H17ClN4O2. The average molecular weight is 333 g/mol. The lowest BCUT2D eigenvalue weighted by molar-refractivity contribution is -0.126. The molecule has 0 radical (unpaired) electrons. The van der Waals surface area contributed by atoms with Gasteiger partial charge in [-0.1, -0.05) is 29.8 Å². The molecule has 2 aromatic rings. The van der Waals surface area contributed by atoms with Crippen LogP contribution in [0.25, 0.3) is 11.3 Å². The van der Waals surface area contributed by atoms with Crippen molar-refractivity contribution in [3.63, 3.8) is 0 Å². The van der Waals surface area contributed by atoms with Gasteiger partial charge in [0.1, 0.15) is 5.69 Å². The van der Waals surface area contributed by atoms with Gasteiger partial charge >= 0.3 is 0 Å². The van der Waals surface area contributed by atoms with Crippen molar-refractivity contribution in [1.82, 2.24) is 20.0 Å². The minimum atomic E-state index is -0.249. The van der Waals surface area contributed by atoms with E-state index in [1.54, 1.807) is 35.9 Å². The number of likely N-dealkylation sites (N-methyl/N-ethyl adjacent to an activating group) is 1. The van der Waals surface area contributed by atoms with Crippen molar-refractivity contribution in [2.45, 2.75) is 12.5 Å². The van der Waals surface area contributed by atoms with Gasteiger partial charge in [0, 0.05) is 38.8 Å². The van der Waals surface area contributed by atoms with Gasteiger partial charge < -0.3 is 10.2 Å². The van der Waals surface area contributed by atoms with Gasteiger partial charge in [-0.2, -0.15) is 5.10 Å². The van der Waals surface area contributed by atoms with E-state index >= 15 is 0 Å². The van der Waals surface area contributed by atoms with Crippen LogP contribution in [0.15, 0.2) is 30.5 Å². The fourth-order valence-corrected chi connectivity index (χ4v) is 2.96. The second-order valence-corrected chi connectivity index (χ2v) is 6.10. The van der Waals surface area contributed by atoms with Crippen LogP contribution in [0.1, 0.15) is 16.8 Å². The van der Waals surface area contributed by atoms with Crippen molar-refractivity contribution >= 4 is 23.4 Å². The quantitative estimate of drug-likeness (QED) is 0.930. The number of amides is 2. The van der Waals surface area contributed by atoms with Gasteiger partial charge in [0.05, 0.1) is 16.6 Å². The van der Waals surface area contributed by atoms with Crippen molar-refractivity contribution in [1.29, 1.82) is 0 Å². The Bertz CT molecular complexity index is 771. The predicted octanol–water partition coefficient (Wildman–Crippen LogP) is 1.70. The van der Waals surface area contributed by atoms with Crippen LogP contribution >= 0.6 is 11.6 Å². The normalized spacial score (nSPS) is 17.6. The molecule has 1 fully saturated rings. The van der Waals surface area contributed by atoms with E-state index in [4.69, 9.17) is 11.6 Å². The highest BCUT2D eigenvalue weighted by molar-refractivity contribution is 6.33. The van der Waals surface area contributed by atoms with Gasteiger partial charge in [0.25, 0.3) is 5.91 Å². The molecule has 0 saturated carbocycles. The van der Waals surface area contributed by atoms with Crippen LogP contribution in [-0.4, -0.2) is 46.1 Å². The molecule has 0 bridgehead atoms. The first-order chi connectivity index (χ1) is 11.0. The molecule has 1 N–H and O–H groups in total. The molecule has 1 aliphatic heterocycles. The second kappa shape index (κ2) is 6.04. The number of rotatable bonds is 3. The third-order valence-electron chi connectivity index (χ3n) is 3.88. The van der Waals surface area contributed by atoms with Crippen LogP contribution in [0.5, 0.6) is 0 Å². The van der Waals surface area contributed by atoms with Gasteiger partial charge in [0.15, 0.2) is 0 Å². The predicted molar refractivity (Wildman–Crippen MR) is 87.2 cm³/mol. The summed E-state index contributed by atoms with van der Waals surface area (Å²) >= 11 is 6.22. The average Bonchev–Trinajstić information content (AvgIpc) is 3.03. The molecule has 0 aliphatic carbocycles. The van der Waals surface area contributed by atoms with Crippen LogP contribution in [0.2, 0.25) is 5.02 Å². The maximum atomic E-state index is 12.6. The first kappa shape index (κ1) is 15.6. The summed E-state index contributed by atoms with van der Waals surface area (Å²) in [6.45, 7) is 0.520. The topological polar surface area (TPSA) is 67.2 Å². The largest absolute Gasteiger partial charge is 0.347 e. The number of aromatic nitrogens is 2. The molecule has 2 heterocycles. The summed E-state index contributed by atoms with van der Waals surface area (Å²) in [6.07, 6.45) is 1.98. The molecule has 1 aromatic carbocycles. The van der Waals surface area contributed by atoms with Crippen molar-refractivity contribution in [3.05, 3.63) is 41.0 Å². The molecule has 1 saturated heterocycles. The molecule has 1 aromatic heterocycles. The molecule has 1 unspecified atom stereocenters. The second-order valence-electron chi connectivity index (χ2n) is 5.69. The number of aryl methyl sites for hydroxylation is 1. The third kappa shape index (κ3) is 3.07. The minimum Gasteiger partial charge on any atom is -0.347 e. The van der Waals surface area contributed by atoms with Gasteiger partial charge in [-0.25, -0.2) is 0 Å². The van der Waals surface area contributed by atoms with E-state index in [-0.39, 0.29) is 17.9 Å². The number of halogens is 1. The Hall–Kier alpha value is -2.34. The van der Waals surface area contributed by atoms with Crippen LogP contribution in [-0.2, 0) is 11.8 Å². The highest BCUT2D eigenvalue weighted by Gasteiger charge is 2.29. The smallest absolute Gasteiger partial charge is 0.255 e. The van der Waals surface area contributed by atoms with E-state index in [1.165, 1.54) is 0 Å². The van der Waals surface area contributed by atoms with Crippen molar-refractivity contribution in [2.24, 2.45) is 7.05 Å². The molecule has 1 aliphatic rings. The number of likely N-dealkylation sites (tertiary alicyclic amines) is 1. The van der Waals surface area contributed by atoms with E-state index in [9.17, 15) is 9.59 Å². The highest BCUT2D eigenvalue weighted by Crippen LogP contribution is 2.29. The van der Waals surface area contributed by atoms with Gasteiger partial charge in [-0.05, 0) is 6.07 Å². The molecule has 6 nitrogen and oxygen atoms in total. The first-order valence-electron chi connectivity index (χ1n) is 7.29. The lowest BCUT2D eigenvalue weighted by atomic mass is 10.1. The Labute approximate surface area is 139 Å².